The van der Waals surface area contributed by atoms with Crippen LogP contribution < -0.4 is 5.32 Å². The summed E-state index contributed by atoms with van der Waals surface area (Å²) in [7, 11) is 0. The third kappa shape index (κ3) is 5.45. The minimum Gasteiger partial charge on any atom is -0.507 e. The maximum absolute atomic E-state index is 12.4. The minimum atomic E-state index is -0.939. The molecule has 1 aliphatic rings. The molecule has 1 fully saturated rings. The molecule has 1 heterocycles. The van der Waals surface area contributed by atoms with Gasteiger partial charge in [-0.25, -0.2) is 0 Å². The average Bonchev–Trinajstić information content (AvgIpc) is 2.82. The van der Waals surface area contributed by atoms with E-state index in [1.165, 1.54) is 24.3 Å². The lowest BCUT2D eigenvalue weighted by Gasteiger charge is -2.14. The van der Waals surface area contributed by atoms with Crippen LogP contribution in [0.2, 0.25) is 5.02 Å². The highest BCUT2D eigenvalue weighted by Crippen LogP contribution is 2.34. The predicted molar refractivity (Wildman–Crippen MR) is 103 cm³/mol. The van der Waals surface area contributed by atoms with E-state index in [9.17, 15) is 19.5 Å². The number of halogens is 1. The minimum absolute atomic E-state index is 0.0316. The zero-order valence-electron chi connectivity index (χ0n) is 13.4. The van der Waals surface area contributed by atoms with Gasteiger partial charge in [0.05, 0.1) is 4.91 Å². The normalized spacial score (nSPS) is 15.6. The molecule has 0 atom stereocenters. The van der Waals surface area contributed by atoms with Crippen LogP contribution in [0.15, 0.2) is 23.1 Å². The smallest absolute Gasteiger partial charge is 0.303 e. The number of nitrogens with one attached hydrogen (secondary N) is 1. The van der Waals surface area contributed by atoms with Crippen LogP contribution in [0.5, 0.6) is 5.75 Å². The second kappa shape index (κ2) is 9.02. The van der Waals surface area contributed by atoms with Crippen molar-refractivity contribution in [2.24, 2.45) is 0 Å². The van der Waals surface area contributed by atoms with Crippen molar-refractivity contribution in [1.29, 1.82) is 0 Å². The Balaban J connectivity index is 2.00. The van der Waals surface area contributed by atoms with Crippen molar-refractivity contribution in [2.45, 2.75) is 12.8 Å². The van der Waals surface area contributed by atoms with Gasteiger partial charge in [-0.15, -0.1) is 0 Å². The Morgan fingerprint density at radius 1 is 1.38 bits per heavy atom. The molecule has 1 aromatic rings. The van der Waals surface area contributed by atoms with E-state index in [0.717, 1.165) is 16.7 Å². The Morgan fingerprint density at radius 3 is 2.81 bits per heavy atom. The Bertz CT molecular complexity index is 797. The summed E-state index contributed by atoms with van der Waals surface area (Å²) >= 11 is 12.0. The number of hydrogen-bond donors (Lipinski definition) is 3. The number of phenolic OH excluding ortho intramolecular Hbond substituents is 1. The van der Waals surface area contributed by atoms with E-state index < -0.39 is 17.8 Å². The Kier molecular flexibility index (Phi) is 7.01. The molecule has 1 aliphatic heterocycles. The van der Waals surface area contributed by atoms with E-state index in [0.29, 0.717) is 17.0 Å². The van der Waals surface area contributed by atoms with Crippen molar-refractivity contribution in [1.82, 2.24) is 10.2 Å². The number of rotatable bonds is 7. The average molecular weight is 415 g/mol. The van der Waals surface area contributed by atoms with Crippen molar-refractivity contribution < 1.29 is 24.6 Å². The van der Waals surface area contributed by atoms with E-state index in [1.54, 1.807) is 0 Å². The van der Waals surface area contributed by atoms with Crippen LogP contribution in [0.3, 0.4) is 0 Å². The lowest BCUT2D eigenvalue weighted by molar-refractivity contribution is -0.137. The first-order valence-corrected chi connectivity index (χ1v) is 9.10. The molecule has 0 spiro atoms. The predicted octanol–water partition coefficient (Wildman–Crippen LogP) is 2.23. The molecule has 10 heteroatoms. The fourth-order valence-electron chi connectivity index (χ4n) is 2.09. The first-order chi connectivity index (χ1) is 12.3. The first kappa shape index (κ1) is 20.2. The second-order valence-corrected chi connectivity index (χ2v) is 7.43. The van der Waals surface area contributed by atoms with Crippen LogP contribution in [0.1, 0.15) is 18.4 Å². The molecule has 26 heavy (non-hydrogen) atoms. The fourth-order valence-corrected chi connectivity index (χ4v) is 3.51. The first-order valence-electron chi connectivity index (χ1n) is 7.50. The largest absolute Gasteiger partial charge is 0.507 e. The molecule has 138 valence electrons. The van der Waals surface area contributed by atoms with Gasteiger partial charge in [-0.2, -0.15) is 0 Å². The molecule has 1 aromatic carbocycles. The van der Waals surface area contributed by atoms with Gasteiger partial charge in [0, 0.05) is 23.6 Å². The zero-order chi connectivity index (χ0) is 19.3. The van der Waals surface area contributed by atoms with Gasteiger partial charge in [-0.1, -0.05) is 35.6 Å². The molecule has 3 N–H and O–H groups in total. The fraction of sp³-hybridized carbons (Fsp3) is 0.250. The van der Waals surface area contributed by atoms with Crippen LogP contribution in [-0.4, -0.2) is 50.3 Å². The number of nitrogens with zero attached hydrogens (tertiary/aromatic N) is 1. The van der Waals surface area contributed by atoms with Crippen LogP contribution in [0.4, 0.5) is 0 Å². The number of hydrogen-bond acceptors (Lipinski definition) is 6. The molecule has 1 saturated heterocycles. The topological polar surface area (TPSA) is 107 Å². The highest BCUT2D eigenvalue weighted by molar-refractivity contribution is 8.26. The number of phenols is 1. The number of carboxylic acid groups (broad SMARTS) is 1. The number of carboxylic acids is 1. The number of thiocarbonyl (C=S) groups is 1. The number of amides is 2. The van der Waals surface area contributed by atoms with Crippen LogP contribution >= 0.6 is 35.6 Å². The lowest BCUT2D eigenvalue weighted by atomic mass is 10.2. The molecular weight excluding hydrogens is 400 g/mol. The van der Waals surface area contributed by atoms with Crippen molar-refractivity contribution >= 4 is 63.8 Å². The Labute approximate surface area is 164 Å². The third-order valence-corrected chi connectivity index (χ3v) is 4.95. The number of benzene rings is 1. The Morgan fingerprint density at radius 2 is 2.12 bits per heavy atom. The summed E-state index contributed by atoms with van der Waals surface area (Å²) in [5.41, 5.74) is 0.371. The molecule has 0 saturated carbocycles. The highest BCUT2D eigenvalue weighted by Gasteiger charge is 2.33. The number of thioether (sulfide) groups is 1. The molecule has 2 amide bonds. The van der Waals surface area contributed by atoms with Crippen molar-refractivity contribution in [3.63, 3.8) is 0 Å². The standard InChI is InChI=1S/C16H15ClN2O5S2/c17-10-3-4-11(20)9(6-10)7-12-15(24)19(16(25)26-12)8-13(21)18-5-1-2-14(22)23/h3-4,6-7,20H,1-2,5,8H2,(H,18,21)(H,22,23)/b12-7-. The van der Waals surface area contributed by atoms with Gasteiger partial charge in [0.1, 0.15) is 16.6 Å². The van der Waals surface area contributed by atoms with Gasteiger partial charge in [0.25, 0.3) is 5.91 Å². The molecule has 0 aliphatic carbocycles. The lowest BCUT2D eigenvalue weighted by Crippen LogP contribution is -2.39. The molecule has 7 nitrogen and oxygen atoms in total. The summed E-state index contributed by atoms with van der Waals surface area (Å²) in [6.45, 7) is -0.0528. The molecule has 0 aromatic heterocycles. The second-order valence-electron chi connectivity index (χ2n) is 5.32. The van der Waals surface area contributed by atoms with Gasteiger partial charge < -0.3 is 15.5 Å². The van der Waals surface area contributed by atoms with E-state index in [4.69, 9.17) is 28.9 Å². The number of aliphatic carboxylic acids is 1. The molecule has 2 rings (SSSR count). The SMILES string of the molecule is O=C(O)CCCNC(=O)CN1C(=O)/C(=C/c2cc(Cl)ccc2O)SC1=S. The third-order valence-electron chi connectivity index (χ3n) is 3.34. The molecule has 0 bridgehead atoms. The molecule has 0 radical (unpaired) electrons. The maximum Gasteiger partial charge on any atom is 0.303 e. The summed E-state index contributed by atoms with van der Waals surface area (Å²) in [6.07, 6.45) is 1.71. The van der Waals surface area contributed by atoms with E-state index in [2.05, 4.69) is 5.32 Å². The highest BCUT2D eigenvalue weighted by atomic mass is 35.5. The van der Waals surface area contributed by atoms with Crippen molar-refractivity contribution in [3.05, 3.63) is 33.7 Å². The van der Waals surface area contributed by atoms with Crippen molar-refractivity contribution in [2.75, 3.05) is 13.1 Å². The summed E-state index contributed by atoms with van der Waals surface area (Å²) in [5, 5.41) is 21.3. The molecule has 0 unspecified atom stereocenters. The van der Waals surface area contributed by atoms with Crippen molar-refractivity contribution in [3.8, 4) is 5.75 Å². The summed E-state index contributed by atoms with van der Waals surface area (Å²) in [6, 6.07) is 4.45. The Hall–Kier alpha value is -2.10. The number of carbonyl (C=O) groups is 3. The van der Waals surface area contributed by atoms with E-state index >= 15 is 0 Å². The van der Waals surface area contributed by atoms with Gasteiger partial charge in [0.2, 0.25) is 5.91 Å². The summed E-state index contributed by atoms with van der Waals surface area (Å²) in [5.74, 6) is -1.85. The van der Waals surface area contributed by atoms with Crippen LogP contribution in [0, 0.1) is 0 Å². The van der Waals surface area contributed by atoms with E-state index in [-0.39, 0.29) is 34.5 Å². The zero-order valence-corrected chi connectivity index (χ0v) is 15.8. The summed E-state index contributed by atoms with van der Waals surface area (Å²) < 4.78 is 0.225. The number of aromatic hydroxyl groups is 1. The van der Waals surface area contributed by atoms with Gasteiger partial charge in [-0.05, 0) is 30.7 Å². The van der Waals surface area contributed by atoms with Crippen LogP contribution in [-0.2, 0) is 14.4 Å². The monoisotopic (exact) mass is 414 g/mol. The molecular formula is C16H15ClN2O5S2. The maximum atomic E-state index is 12.4. The van der Waals surface area contributed by atoms with Gasteiger partial charge in [-0.3, -0.25) is 19.3 Å². The van der Waals surface area contributed by atoms with E-state index in [1.807, 2.05) is 0 Å². The summed E-state index contributed by atoms with van der Waals surface area (Å²) in [4.78, 5) is 36.2. The van der Waals surface area contributed by atoms with Gasteiger partial charge >= 0.3 is 5.97 Å². The number of carbonyl (C=O) groups excluding carboxylic acids is 2. The van der Waals surface area contributed by atoms with Crippen LogP contribution in [0.25, 0.3) is 6.08 Å². The van der Waals surface area contributed by atoms with Gasteiger partial charge in [0.15, 0.2) is 0 Å². The quantitative estimate of drug-likeness (QED) is 0.356.